The van der Waals surface area contributed by atoms with E-state index in [1.54, 1.807) is 6.07 Å². The second-order valence-corrected chi connectivity index (χ2v) is 2.68. The van der Waals surface area contributed by atoms with Gasteiger partial charge in [-0.25, -0.2) is 0 Å². The average Bonchev–Trinajstić information content (AvgIpc) is 2.67. The number of aldehydes is 1. The Hall–Kier alpha value is -1.83. The van der Waals surface area contributed by atoms with Gasteiger partial charge in [0.15, 0.2) is 12.0 Å². The summed E-state index contributed by atoms with van der Waals surface area (Å²) in [5, 5.41) is 0. The largest absolute Gasteiger partial charge is 0.461 e. The van der Waals surface area contributed by atoms with Crippen molar-refractivity contribution in [1.29, 1.82) is 0 Å². The zero-order valence-electron chi connectivity index (χ0n) is 6.94. The summed E-state index contributed by atoms with van der Waals surface area (Å²) in [6.45, 7) is 0. The first-order valence-electron chi connectivity index (χ1n) is 4.00. The maximum atomic E-state index is 10.6. The van der Waals surface area contributed by atoms with Gasteiger partial charge in [-0.3, -0.25) is 4.79 Å². The molecule has 0 bridgehead atoms. The first-order chi connectivity index (χ1) is 6.42. The van der Waals surface area contributed by atoms with Gasteiger partial charge in [0.2, 0.25) is 0 Å². The summed E-state index contributed by atoms with van der Waals surface area (Å²) in [6.07, 6.45) is 2.24. The van der Waals surface area contributed by atoms with Crippen LogP contribution < -0.4 is 0 Å². The van der Waals surface area contributed by atoms with Gasteiger partial charge in [-0.1, -0.05) is 30.3 Å². The Bertz CT molecular complexity index is 401. The summed E-state index contributed by atoms with van der Waals surface area (Å²) in [5.41, 5.74) is 1.84. The lowest BCUT2D eigenvalue weighted by Gasteiger charge is -1.95. The number of hydrogen-bond acceptors (Lipinski definition) is 2. The third-order valence-electron chi connectivity index (χ3n) is 1.89. The minimum absolute atomic E-state index is 0.381. The molecule has 0 N–H and O–H groups in total. The third-order valence-corrected chi connectivity index (χ3v) is 1.89. The second kappa shape index (κ2) is 3.27. The monoisotopic (exact) mass is 172 g/mol. The molecule has 0 amide bonds. The van der Waals surface area contributed by atoms with Crippen LogP contribution in [0.15, 0.2) is 47.1 Å². The van der Waals surface area contributed by atoms with Crippen molar-refractivity contribution in [3.63, 3.8) is 0 Å². The molecule has 0 aliphatic rings. The molecule has 0 aliphatic carbocycles. The van der Waals surface area contributed by atoms with Crippen molar-refractivity contribution in [2.75, 3.05) is 0 Å². The normalized spacial score (nSPS) is 9.85. The lowest BCUT2D eigenvalue weighted by molar-refractivity contribution is 0.110. The van der Waals surface area contributed by atoms with Crippen LogP contribution in [-0.4, -0.2) is 6.29 Å². The molecule has 0 spiro atoms. The van der Waals surface area contributed by atoms with Crippen molar-refractivity contribution < 1.29 is 9.21 Å². The smallest absolute Gasteiger partial charge is 0.185 e. The molecule has 64 valence electrons. The number of carbonyl (C=O) groups excluding carboxylic acids is 1. The van der Waals surface area contributed by atoms with Gasteiger partial charge in [0.25, 0.3) is 0 Å². The topological polar surface area (TPSA) is 30.2 Å². The van der Waals surface area contributed by atoms with Crippen LogP contribution in [0.1, 0.15) is 10.6 Å². The lowest BCUT2D eigenvalue weighted by Crippen LogP contribution is -1.79. The Morgan fingerprint density at radius 2 is 1.85 bits per heavy atom. The highest BCUT2D eigenvalue weighted by Crippen LogP contribution is 2.22. The Morgan fingerprint density at radius 3 is 2.54 bits per heavy atom. The summed E-state index contributed by atoms with van der Waals surface area (Å²) < 4.78 is 5.00. The van der Waals surface area contributed by atoms with Crippen LogP contribution in [-0.2, 0) is 0 Å². The molecule has 0 radical (unpaired) electrons. The maximum absolute atomic E-state index is 10.6. The minimum atomic E-state index is 0.381. The van der Waals surface area contributed by atoms with Gasteiger partial charge >= 0.3 is 0 Å². The fourth-order valence-electron chi connectivity index (χ4n) is 1.27. The zero-order chi connectivity index (χ0) is 9.10. The van der Waals surface area contributed by atoms with Gasteiger partial charge < -0.3 is 4.42 Å². The van der Waals surface area contributed by atoms with E-state index in [9.17, 15) is 4.79 Å². The average molecular weight is 172 g/mol. The van der Waals surface area contributed by atoms with E-state index >= 15 is 0 Å². The molecule has 0 aliphatic heterocycles. The lowest BCUT2D eigenvalue weighted by atomic mass is 10.1. The molecule has 0 saturated heterocycles. The van der Waals surface area contributed by atoms with E-state index in [4.69, 9.17) is 4.42 Å². The van der Waals surface area contributed by atoms with Crippen LogP contribution in [0, 0.1) is 0 Å². The van der Waals surface area contributed by atoms with Gasteiger partial charge in [-0.15, -0.1) is 0 Å². The van der Waals surface area contributed by atoms with Crippen molar-refractivity contribution in [2.24, 2.45) is 0 Å². The molecule has 2 heteroatoms. The first-order valence-corrected chi connectivity index (χ1v) is 4.00. The van der Waals surface area contributed by atoms with E-state index in [0.717, 1.165) is 17.4 Å². The number of benzene rings is 1. The predicted molar refractivity (Wildman–Crippen MR) is 49.5 cm³/mol. The Kier molecular flexibility index (Phi) is 1.96. The van der Waals surface area contributed by atoms with E-state index in [1.165, 1.54) is 6.26 Å². The summed E-state index contributed by atoms with van der Waals surface area (Å²) in [6, 6.07) is 11.5. The quantitative estimate of drug-likeness (QED) is 0.652. The summed E-state index contributed by atoms with van der Waals surface area (Å²) in [7, 11) is 0. The molecular weight excluding hydrogens is 164 g/mol. The summed E-state index contributed by atoms with van der Waals surface area (Å²) >= 11 is 0. The van der Waals surface area contributed by atoms with Crippen molar-refractivity contribution in [3.05, 3.63) is 48.4 Å². The first kappa shape index (κ1) is 7.80. The van der Waals surface area contributed by atoms with E-state index in [1.807, 2.05) is 30.3 Å². The SMILES string of the molecule is O=Cc1occc1-c1ccccc1. The van der Waals surface area contributed by atoms with Crippen molar-refractivity contribution in [2.45, 2.75) is 0 Å². The number of hydrogen-bond donors (Lipinski definition) is 0. The van der Waals surface area contributed by atoms with Gasteiger partial charge in [0.05, 0.1) is 6.26 Å². The van der Waals surface area contributed by atoms with E-state index in [0.29, 0.717) is 5.76 Å². The van der Waals surface area contributed by atoms with Crippen LogP contribution in [0.2, 0.25) is 0 Å². The van der Waals surface area contributed by atoms with Crippen molar-refractivity contribution >= 4 is 6.29 Å². The highest BCUT2D eigenvalue weighted by Gasteiger charge is 2.05. The van der Waals surface area contributed by atoms with Crippen LogP contribution in [0.4, 0.5) is 0 Å². The molecule has 13 heavy (non-hydrogen) atoms. The highest BCUT2D eigenvalue weighted by atomic mass is 16.3. The molecule has 2 rings (SSSR count). The molecule has 0 atom stereocenters. The molecular formula is C11H8O2. The Labute approximate surface area is 75.8 Å². The Balaban J connectivity index is 2.52. The number of rotatable bonds is 2. The van der Waals surface area contributed by atoms with Crippen molar-refractivity contribution in [1.82, 2.24) is 0 Å². The van der Waals surface area contributed by atoms with Crippen LogP contribution >= 0.6 is 0 Å². The van der Waals surface area contributed by atoms with E-state index < -0.39 is 0 Å². The van der Waals surface area contributed by atoms with Gasteiger partial charge in [0, 0.05) is 5.56 Å². The summed E-state index contributed by atoms with van der Waals surface area (Å²) in [5.74, 6) is 0.381. The molecule has 1 heterocycles. The zero-order valence-corrected chi connectivity index (χ0v) is 6.94. The van der Waals surface area contributed by atoms with Crippen LogP contribution in [0.25, 0.3) is 11.1 Å². The maximum Gasteiger partial charge on any atom is 0.185 e. The molecule has 2 nitrogen and oxygen atoms in total. The van der Waals surface area contributed by atoms with Gasteiger partial charge in [-0.05, 0) is 11.6 Å². The van der Waals surface area contributed by atoms with E-state index in [-0.39, 0.29) is 0 Å². The third kappa shape index (κ3) is 1.38. The molecule has 0 saturated carbocycles. The fraction of sp³-hybridized carbons (Fsp3) is 0. The van der Waals surface area contributed by atoms with Crippen LogP contribution in [0.3, 0.4) is 0 Å². The van der Waals surface area contributed by atoms with Gasteiger partial charge in [-0.2, -0.15) is 0 Å². The molecule has 2 aromatic rings. The highest BCUT2D eigenvalue weighted by molar-refractivity contribution is 5.84. The summed E-state index contributed by atoms with van der Waals surface area (Å²) in [4.78, 5) is 10.6. The molecule has 1 aromatic heterocycles. The van der Waals surface area contributed by atoms with Crippen LogP contribution in [0.5, 0.6) is 0 Å². The standard InChI is InChI=1S/C11H8O2/c12-8-11-10(6-7-13-11)9-4-2-1-3-5-9/h1-8H. The predicted octanol–water partition coefficient (Wildman–Crippen LogP) is 2.76. The Morgan fingerprint density at radius 1 is 1.08 bits per heavy atom. The molecule has 0 fully saturated rings. The van der Waals surface area contributed by atoms with Gasteiger partial charge in [0.1, 0.15) is 0 Å². The second-order valence-electron chi connectivity index (χ2n) is 2.68. The minimum Gasteiger partial charge on any atom is -0.461 e. The number of furan rings is 1. The molecule has 0 unspecified atom stereocenters. The fourth-order valence-corrected chi connectivity index (χ4v) is 1.27. The molecule has 1 aromatic carbocycles. The van der Waals surface area contributed by atoms with Crippen molar-refractivity contribution in [3.8, 4) is 11.1 Å². The number of carbonyl (C=O) groups is 1. The van der Waals surface area contributed by atoms with E-state index in [2.05, 4.69) is 0 Å².